The summed E-state index contributed by atoms with van der Waals surface area (Å²) in [6, 6.07) is -0.544. The first-order valence-corrected chi connectivity index (χ1v) is 38.6. The van der Waals surface area contributed by atoms with Gasteiger partial charge in [0.25, 0.3) is 0 Å². The Morgan fingerprint density at radius 2 is 0.560 bits per heavy atom. The van der Waals surface area contributed by atoms with Crippen molar-refractivity contribution in [1.82, 2.24) is 5.32 Å². The molecule has 0 radical (unpaired) electrons. The Hall–Kier alpha value is -1.66. The Balaban J connectivity index is 3.37. The number of esters is 1. The van der Waals surface area contributed by atoms with Crippen molar-refractivity contribution >= 4 is 11.9 Å². The number of nitrogens with one attached hydrogen (secondary N) is 1. The van der Waals surface area contributed by atoms with Gasteiger partial charge >= 0.3 is 5.97 Å². The van der Waals surface area contributed by atoms with Crippen molar-refractivity contribution < 1.29 is 24.5 Å². The summed E-state index contributed by atoms with van der Waals surface area (Å²) < 4.78 is 5.51. The molecule has 0 aromatic rings. The molecular weight excluding hydrogens is 1030 g/mol. The van der Waals surface area contributed by atoms with Gasteiger partial charge in [-0.15, -0.1) is 0 Å². The molecule has 0 aliphatic heterocycles. The minimum atomic E-state index is -0.667. The highest BCUT2D eigenvalue weighted by atomic mass is 16.5. The van der Waals surface area contributed by atoms with Gasteiger partial charge < -0.3 is 20.3 Å². The van der Waals surface area contributed by atoms with Gasteiger partial charge in [0.05, 0.1) is 25.4 Å². The maximum absolute atomic E-state index is 12.6. The van der Waals surface area contributed by atoms with Crippen LogP contribution in [-0.2, 0) is 14.3 Å². The van der Waals surface area contributed by atoms with Gasteiger partial charge in [-0.2, -0.15) is 0 Å². The van der Waals surface area contributed by atoms with Gasteiger partial charge in [0, 0.05) is 12.8 Å². The topological polar surface area (TPSA) is 95.9 Å². The molecular formula is C78H151NO5. The Labute approximate surface area is 526 Å². The van der Waals surface area contributed by atoms with E-state index in [1.807, 2.05) is 0 Å². The van der Waals surface area contributed by atoms with Gasteiger partial charge in [0.15, 0.2) is 0 Å². The van der Waals surface area contributed by atoms with E-state index in [-0.39, 0.29) is 18.5 Å². The molecule has 0 fully saturated rings. The number of hydrogen-bond acceptors (Lipinski definition) is 5. The second kappa shape index (κ2) is 73.8. The minimum absolute atomic E-state index is 0.0151. The third kappa shape index (κ3) is 69.4. The zero-order chi connectivity index (χ0) is 60.6. The zero-order valence-corrected chi connectivity index (χ0v) is 57.2. The van der Waals surface area contributed by atoms with Crippen molar-refractivity contribution in [2.24, 2.45) is 0 Å². The number of aliphatic hydroxyl groups is 2. The minimum Gasteiger partial charge on any atom is -0.466 e. The number of carbonyl (C=O) groups excluding carboxylic acids is 2. The van der Waals surface area contributed by atoms with Gasteiger partial charge in [-0.3, -0.25) is 9.59 Å². The fraction of sp³-hybridized carbons (Fsp3) is 0.923. The number of unbranched alkanes of at least 4 members (excludes halogenated alkanes) is 58. The van der Waals surface area contributed by atoms with Crippen LogP contribution < -0.4 is 5.32 Å². The molecule has 3 N–H and O–H groups in total. The van der Waals surface area contributed by atoms with Gasteiger partial charge in [0.2, 0.25) is 5.91 Å². The molecule has 6 heteroatoms. The highest BCUT2D eigenvalue weighted by molar-refractivity contribution is 5.76. The van der Waals surface area contributed by atoms with Crippen molar-refractivity contribution in [3.8, 4) is 0 Å². The molecule has 0 saturated carbocycles. The molecule has 0 aromatic carbocycles. The van der Waals surface area contributed by atoms with Crippen LogP contribution in [0.2, 0.25) is 0 Å². The number of rotatable bonds is 73. The zero-order valence-electron chi connectivity index (χ0n) is 57.2. The van der Waals surface area contributed by atoms with E-state index in [2.05, 4.69) is 43.5 Å². The van der Waals surface area contributed by atoms with E-state index >= 15 is 0 Å². The molecule has 6 nitrogen and oxygen atoms in total. The Morgan fingerprint density at radius 3 is 0.845 bits per heavy atom. The molecule has 2 unspecified atom stereocenters. The van der Waals surface area contributed by atoms with Crippen molar-refractivity contribution in [3.05, 3.63) is 24.3 Å². The summed E-state index contributed by atoms with van der Waals surface area (Å²) in [5.41, 5.74) is 0. The van der Waals surface area contributed by atoms with E-state index in [0.717, 1.165) is 38.5 Å². The third-order valence-electron chi connectivity index (χ3n) is 18.2. The first-order chi connectivity index (χ1) is 41.5. The number of carbonyl (C=O) groups is 2. The molecule has 0 aliphatic carbocycles. The van der Waals surface area contributed by atoms with Gasteiger partial charge in [-0.05, 0) is 77.0 Å². The van der Waals surface area contributed by atoms with E-state index in [1.54, 1.807) is 0 Å². The van der Waals surface area contributed by atoms with Crippen LogP contribution in [0.25, 0.3) is 0 Å². The van der Waals surface area contributed by atoms with Crippen LogP contribution in [0, 0.1) is 0 Å². The highest BCUT2D eigenvalue weighted by Crippen LogP contribution is 2.20. The molecule has 2 atom stereocenters. The van der Waals surface area contributed by atoms with Crippen molar-refractivity contribution in [2.75, 3.05) is 13.2 Å². The lowest BCUT2D eigenvalue weighted by molar-refractivity contribution is -0.143. The van der Waals surface area contributed by atoms with Crippen LogP contribution in [-0.4, -0.2) is 47.4 Å². The first kappa shape index (κ1) is 82.3. The maximum atomic E-state index is 12.6. The largest absolute Gasteiger partial charge is 0.466 e. The van der Waals surface area contributed by atoms with Crippen LogP contribution in [0.1, 0.15) is 438 Å². The molecule has 84 heavy (non-hydrogen) atoms. The summed E-state index contributed by atoms with van der Waals surface area (Å²) >= 11 is 0. The smallest absolute Gasteiger partial charge is 0.305 e. The standard InChI is InChI=1S/C78H151NO5/c1-3-5-7-9-11-13-15-17-19-21-23-24-31-35-38-42-46-50-54-58-62-66-70-76(81)75(74-80)79-77(82)71-67-63-59-55-51-47-43-39-36-32-29-27-25-26-28-30-33-37-41-45-49-53-57-61-65-69-73-84-78(83)72-68-64-60-56-52-48-44-40-34-22-20-18-16-14-12-10-8-6-4-2/h18,20,25,27,75-76,80-81H,3-17,19,21-24,26,28-74H2,1-2H3,(H,79,82)/b20-18-,27-25-. The molecule has 0 aromatic heterocycles. The van der Waals surface area contributed by atoms with Crippen molar-refractivity contribution in [1.29, 1.82) is 0 Å². The maximum Gasteiger partial charge on any atom is 0.305 e. The summed E-state index contributed by atoms with van der Waals surface area (Å²) in [5.74, 6) is -0.0167. The Kier molecular flexibility index (Phi) is 72.3. The molecule has 498 valence electrons. The van der Waals surface area contributed by atoms with E-state index in [0.29, 0.717) is 25.9 Å². The van der Waals surface area contributed by atoms with Crippen LogP contribution in [0.15, 0.2) is 24.3 Å². The predicted octanol–water partition coefficient (Wildman–Crippen LogP) is 25.3. The summed E-state index contributed by atoms with van der Waals surface area (Å²) in [7, 11) is 0. The van der Waals surface area contributed by atoms with Crippen LogP contribution >= 0.6 is 0 Å². The summed E-state index contributed by atoms with van der Waals surface area (Å²) in [6.07, 6.45) is 93.9. The van der Waals surface area contributed by atoms with E-state index in [4.69, 9.17) is 4.74 Å². The second-order valence-corrected chi connectivity index (χ2v) is 26.7. The monoisotopic (exact) mass is 1180 g/mol. The normalized spacial score (nSPS) is 12.6. The fourth-order valence-electron chi connectivity index (χ4n) is 12.3. The average molecular weight is 1180 g/mol. The molecule has 0 bridgehead atoms. The predicted molar refractivity (Wildman–Crippen MR) is 370 cm³/mol. The SMILES string of the molecule is CCCCCCCC/C=C\CCCCCCCCCCCC(=O)OCCCCCCCCCCCCCC/C=C\CCCCCCCCCCCCC(=O)NC(CO)C(O)CCCCCCCCCCCCCCCCCCCCCCCC. The molecule has 1 amide bonds. The molecule has 0 spiro atoms. The molecule has 0 heterocycles. The van der Waals surface area contributed by atoms with Gasteiger partial charge in [-0.1, -0.05) is 372 Å². The number of hydrogen-bond donors (Lipinski definition) is 3. The molecule has 0 rings (SSSR count). The van der Waals surface area contributed by atoms with Crippen LogP contribution in [0.5, 0.6) is 0 Å². The van der Waals surface area contributed by atoms with Crippen molar-refractivity contribution in [2.45, 2.75) is 450 Å². The highest BCUT2D eigenvalue weighted by Gasteiger charge is 2.20. The third-order valence-corrected chi connectivity index (χ3v) is 18.2. The fourth-order valence-corrected chi connectivity index (χ4v) is 12.3. The average Bonchev–Trinajstić information content (AvgIpc) is 3.51. The van der Waals surface area contributed by atoms with Crippen LogP contribution in [0.3, 0.4) is 0 Å². The molecule has 0 aliphatic rings. The Morgan fingerprint density at radius 1 is 0.321 bits per heavy atom. The lowest BCUT2D eigenvalue weighted by atomic mass is 10.0. The summed E-state index contributed by atoms with van der Waals surface area (Å²) in [4.78, 5) is 24.7. The van der Waals surface area contributed by atoms with Gasteiger partial charge in [0.1, 0.15) is 0 Å². The van der Waals surface area contributed by atoms with E-state index < -0.39 is 12.1 Å². The van der Waals surface area contributed by atoms with E-state index in [1.165, 1.54) is 366 Å². The second-order valence-electron chi connectivity index (χ2n) is 26.7. The number of aliphatic hydroxyl groups excluding tert-OH is 2. The number of ether oxygens (including phenoxy) is 1. The van der Waals surface area contributed by atoms with Gasteiger partial charge in [-0.25, -0.2) is 0 Å². The quantitative estimate of drug-likeness (QED) is 0.0320. The lowest BCUT2D eigenvalue weighted by Gasteiger charge is -2.22. The number of amides is 1. The van der Waals surface area contributed by atoms with Crippen molar-refractivity contribution in [3.63, 3.8) is 0 Å². The summed E-state index contributed by atoms with van der Waals surface area (Å²) in [5, 5.41) is 23.4. The Bertz CT molecular complexity index is 1320. The first-order valence-electron chi connectivity index (χ1n) is 38.6. The lowest BCUT2D eigenvalue weighted by Crippen LogP contribution is -2.45. The number of allylic oxidation sites excluding steroid dienone is 4. The molecule has 0 saturated heterocycles. The summed E-state index contributed by atoms with van der Waals surface area (Å²) in [6.45, 7) is 5.00. The van der Waals surface area contributed by atoms with E-state index in [9.17, 15) is 19.8 Å². The van der Waals surface area contributed by atoms with Crippen LogP contribution in [0.4, 0.5) is 0 Å².